The van der Waals surface area contributed by atoms with E-state index in [1.165, 1.54) is 7.05 Å². The molecule has 3 N–H and O–H groups in total. The summed E-state index contributed by atoms with van der Waals surface area (Å²) in [7, 11) is 1.53. The van der Waals surface area contributed by atoms with E-state index in [0.29, 0.717) is 12.1 Å². The minimum atomic E-state index is -4.78. The van der Waals surface area contributed by atoms with Crippen LogP contribution in [0.2, 0.25) is 0 Å². The standard InChI is InChI=1S/C11H13F4NO2/c1-16-5-9(17)10(18)6-2-3-7(8(12)4-6)11(13,14)15/h2-4,9-10,16-18H,5H2,1H3. The van der Waals surface area contributed by atoms with Gasteiger partial charge in [0, 0.05) is 6.54 Å². The van der Waals surface area contributed by atoms with Crippen LogP contribution in [0, 0.1) is 5.82 Å². The lowest BCUT2D eigenvalue weighted by molar-refractivity contribution is -0.140. The van der Waals surface area contributed by atoms with Crippen LogP contribution in [0.1, 0.15) is 17.2 Å². The molecule has 18 heavy (non-hydrogen) atoms. The minimum absolute atomic E-state index is 0.0316. The summed E-state index contributed by atoms with van der Waals surface area (Å²) >= 11 is 0. The van der Waals surface area contributed by atoms with Gasteiger partial charge in [0.05, 0.1) is 11.7 Å². The van der Waals surface area contributed by atoms with Crippen LogP contribution in [0.25, 0.3) is 0 Å². The summed E-state index contributed by atoms with van der Waals surface area (Å²) in [6, 6.07) is 2.06. The maximum Gasteiger partial charge on any atom is 0.419 e. The molecule has 2 unspecified atom stereocenters. The SMILES string of the molecule is CNCC(O)C(O)c1ccc(C(F)(F)F)c(F)c1. The minimum Gasteiger partial charge on any atom is -0.389 e. The van der Waals surface area contributed by atoms with Gasteiger partial charge >= 0.3 is 6.18 Å². The normalized spacial score (nSPS) is 15.5. The summed E-state index contributed by atoms with van der Waals surface area (Å²) in [5.41, 5.74) is -1.51. The summed E-state index contributed by atoms with van der Waals surface area (Å²) in [6.07, 6.45) is -7.46. The molecule has 0 aliphatic rings. The molecule has 3 nitrogen and oxygen atoms in total. The van der Waals surface area contributed by atoms with Crippen molar-refractivity contribution in [3.05, 3.63) is 35.1 Å². The summed E-state index contributed by atoms with van der Waals surface area (Å²) in [4.78, 5) is 0. The Morgan fingerprint density at radius 1 is 1.28 bits per heavy atom. The average Bonchev–Trinajstić information content (AvgIpc) is 2.26. The second-order valence-corrected chi connectivity index (χ2v) is 3.81. The Kier molecular flexibility index (Phi) is 4.66. The topological polar surface area (TPSA) is 52.5 Å². The van der Waals surface area contributed by atoms with E-state index in [1.54, 1.807) is 0 Å². The number of aliphatic hydroxyl groups excluding tert-OH is 2. The Balaban J connectivity index is 2.97. The predicted octanol–water partition coefficient (Wildman–Crippen LogP) is 1.46. The van der Waals surface area contributed by atoms with Crippen molar-refractivity contribution in [2.45, 2.75) is 18.4 Å². The van der Waals surface area contributed by atoms with Crippen molar-refractivity contribution in [3.63, 3.8) is 0 Å². The summed E-state index contributed by atoms with van der Waals surface area (Å²) in [5.74, 6) is -1.48. The van der Waals surface area contributed by atoms with Gasteiger partial charge in [0.2, 0.25) is 0 Å². The number of nitrogens with one attached hydrogen (secondary N) is 1. The van der Waals surface area contributed by atoms with Crippen molar-refractivity contribution in [3.8, 4) is 0 Å². The van der Waals surface area contributed by atoms with Crippen LogP contribution in [0.5, 0.6) is 0 Å². The summed E-state index contributed by atoms with van der Waals surface area (Å²) in [5, 5.41) is 21.6. The number of hydrogen-bond acceptors (Lipinski definition) is 3. The fraction of sp³-hybridized carbons (Fsp3) is 0.455. The van der Waals surface area contributed by atoms with Gasteiger partial charge < -0.3 is 15.5 Å². The van der Waals surface area contributed by atoms with Gasteiger partial charge in [0.1, 0.15) is 11.9 Å². The molecule has 0 aliphatic carbocycles. The lowest BCUT2D eigenvalue weighted by atomic mass is 10.0. The molecule has 2 atom stereocenters. The fourth-order valence-corrected chi connectivity index (χ4v) is 1.49. The first kappa shape index (κ1) is 14.9. The highest BCUT2D eigenvalue weighted by Crippen LogP contribution is 2.32. The van der Waals surface area contributed by atoms with E-state index in [2.05, 4.69) is 5.32 Å². The monoisotopic (exact) mass is 267 g/mol. The van der Waals surface area contributed by atoms with Gasteiger partial charge in [-0.05, 0) is 24.7 Å². The number of halogens is 4. The number of hydrogen-bond donors (Lipinski definition) is 3. The van der Waals surface area contributed by atoms with Gasteiger partial charge in [-0.3, -0.25) is 0 Å². The molecule has 0 radical (unpaired) electrons. The average molecular weight is 267 g/mol. The van der Waals surface area contributed by atoms with E-state index < -0.39 is 29.8 Å². The van der Waals surface area contributed by atoms with Gasteiger partial charge in [-0.1, -0.05) is 6.07 Å². The first-order chi connectivity index (χ1) is 8.27. The van der Waals surface area contributed by atoms with Crippen LogP contribution in [0.4, 0.5) is 17.6 Å². The second kappa shape index (κ2) is 5.64. The highest BCUT2D eigenvalue weighted by molar-refractivity contribution is 5.28. The molecule has 1 aromatic rings. The van der Waals surface area contributed by atoms with Gasteiger partial charge in [-0.15, -0.1) is 0 Å². The zero-order valence-corrected chi connectivity index (χ0v) is 9.50. The van der Waals surface area contributed by atoms with Crippen LogP contribution < -0.4 is 5.32 Å². The maximum absolute atomic E-state index is 13.2. The number of rotatable bonds is 4. The van der Waals surface area contributed by atoms with Crippen LogP contribution in [0.15, 0.2) is 18.2 Å². The molecule has 0 amide bonds. The van der Waals surface area contributed by atoms with E-state index >= 15 is 0 Å². The molecule has 7 heteroatoms. The van der Waals surface area contributed by atoms with Crippen LogP contribution in [-0.4, -0.2) is 29.9 Å². The third-order valence-electron chi connectivity index (χ3n) is 2.42. The largest absolute Gasteiger partial charge is 0.419 e. The van der Waals surface area contributed by atoms with Crippen LogP contribution in [0.3, 0.4) is 0 Å². The summed E-state index contributed by atoms with van der Waals surface area (Å²) in [6.45, 7) is 0.0316. The molecular formula is C11H13F4NO2. The van der Waals surface area contributed by atoms with Crippen molar-refractivity contribution in [1.82, 2.24) is 5.32 Å². The molecule has 0 saturated carbocycles. The van der Waals surface area contributed by atoms with Gasteiger partial charge in [0.15, 0.2) is 0 Å². The quantitative estimate of drug-likeness (QED) is 0.724. The van der Waals surface area contributed by atoms with Gasteiger partial charge in [-0.2, -0.15) is 13.2 Å². The Morgan fingerprint density at radius 3 is 2.33 bits per heavy atom. The summed E-state index contributed by atoms with van der Waals surface area (Å²) < 4.78 is 50.1. The van der Waals surface area contributed by atoms with Crippen LogP contribution >= 0.6 is 0 Å². The molecule has 1 aromatic carbocycles. The third-order valence-corrected chi connectivity index (χ3v) is 2.42. The van der Waals surface area contributed by atoms with E-state index in [-0.39, 0.29) is 12.1 Å². The molecule has 0 bridgehead atoms. The number of likely N-dealkylation sites (N-methyl/N-ethyl adjacent to an activating group) is 1. The Hall–Kier alpha value is -1.18. The van der Waals surface area contributed by atoms with E-state index in [0.717, 1.165) is 6.07 Å². The van der Waals surface area contributed by atoms with Gasteiger partial charge in [0.25, 0.3) is 0 Å². The van der Waals surface area contributed by atoms with Crippen LogP contribution in [-0.2, 0) is 6.18 Å². The zero-order chi connectivity index (χ0) is 13.9. The molecule has 0 fully saturated rings. The molecule has 102 valence electrons. The van der Waals surface area contributed by atoms with E-state index in [1.807, 2.05) is 0 Å². The van der Waals surface area contributed by atoms with Crippen molar-refractivity contribution < 1.29 is 27.8 Å². The Bertz CT molecular complexity index is 409. The highest BCUT2D eigenvalue weighted by Gasteiger charge is 2.34. The molecule has 1 rings (SSSR count). The Morgan fingerprint density at radius 2 is 1.89 bits per heavy atom. The highest BCUT2D eigenvalue weighted by atomic mass is 19.4. The predicted molar refractivity (Wildman–Crippen MR) is 56.3 cm³/mol. The van der Waals surface area contributed by atoms with Crippen molar-refractivity contribution >= 4 is 0 Å². The Labute approximate surface area is 101 Å². The van der Waals surface area contributed by atoms with Gasteiger partial charge in [-0.25, -0.2) is 4.39 Å². The third kappa shape index (κ3) is 3.41. The molecule has 0 spiro atoms. The molecule has 0 heterocycles. The molecule has 0 aliphatic heterocycles. The maximum atomic E-state index is 13.2. The molecule has 0 saturated heterocycles. The molecule has 0 aromatic heterocycles. The smallest absolute Gasteiger partial charge is 0.389 e. The first-order valence-electron chi connectivity index (χ1n) is 5.14. The van der Waals surface area contributed by atoms with Crippen molar-refractivity contribution in [2.24, 2.45) is 0 Å². The lowest BCUT2D eigenvalue weighted by Gasteiger charge is -2.18. The molecular weight excluding hydrogens is 254 g/mol. The van der Waals surface area contributed by atoms with E-state index in [9.17, 15) is 27.8 Å². The lowest BCUT2D eigenvalue weighted by Crippen LogP contribution is -2.29. The van der Waals surface area contributed by atoms with E-state index in [4.69, 9.17) is 0 Å². The van der Waals surface area contributed by atoms with Crippen molar-refractivity contribution in [2.75, 3.05) is 13.6 Å². The first-order valence-corrected chi connectivity index (χ1v) is 5.14. The fourth-order valence-electron chi connectivity index (χ4n) is 1.49. The number of aliphatic hydroxyl groups is 2. The second-order valence-electron chi connectivity index (χ2n) is 3.81. The number of alkyl halides is 3. The number of benzene rings is 1. The van der Waals surface area contributed by atoms with Crippen molar-refractivity contribution in [1.29, 1.82) is 0 Å². The zero-order valence-electron chi connectivity index (χ0n) is 9.50.